The summed E-state index contributed by atoms with van der Waals surface area (Å²) < 4.78 is 5.76. The normalized spacial score (nSPS) is 20.5. The van der Waals surface area contributed by atoms with Crippen molar-refractivity contribution in [1.29, 1.82) is 0 Å². The second kappa shape index (κ2) is 8.00. The Labute approximate surface area is 178 Å². The van der Waals surface area contributed by atoms with Crippen molar-refractivity contribution in [3.63, 3.8) is 0 Å². The van der Waals surface area contributed by atoms with Crippen molar-refractivity contribution >= 4 is 57.1 Å². The number of fused-ring (bicyclic) bond motifs is 2. The summed E-state index contributed by atoms with van der Waals surface area (Å²) in [7, 11) is 0. The largest absolute Gasteiger partial charge is 0.477 e. The van der Waals surface area contributed by atoms with Crippen LogP contribution in [-0.2, 0) is 25.5 Å². The molecule has 1 aromatic heterocycles. The molecule has 1 aromatic carbocycles. The number of aliphatic carboxylic acids is 1. The van der Waals surface area contributed by atoms with E-state index in [0.717, 1.165) is 19.9 Å². The van der Waals surface area contributed by atoms with Gasteiger partial charge in [0.15, 0.2) is 0 Å². The number of nitrogens with zero attached hydrogens (tertiary/aromatic N) is 1. The van der Waals surface area contributed by atoms with E-state index in [9.17, 15) is 24.3 Å². The molecule has 2 atom stereocenters. The van der Waals surface area contributed by atoms with Crippen molar-refractivity contribution in [2.24, 2.45) is 5.73 Å². The number of ether oxygens (including phenoxy) is 1. The van der Waals surface area contributed by atoms with Crippen LogP contribution in [0.3, 0.4) is 0 Å². The molecule has 9 nitrogen and oxygen atoms in total. The van der Waals surface area contributed by atoms with Gasteiger partial charge in [-0.1, -0.05) is 18.2 Å². The van der Waals surface area contributed by atoms with Gasteiger partial charge in [-0.15, -0.1) is 23.1 Å². The van der Waals surface area contributed by atoms with Crippen LogP contribution in [0.1, 0.15) is 4.88 Å². The molecule has 1 saturated heterocycles. The first kappa shape index (κ1) is 20.2. The Kier molecular flexibility index (Phi) is 5.39. The lowest BCUT2D eigenvalue weighted by Gasteiger charge is -2.49. The Hall–Kier alpha value is -3.05. The van der Waals surface area contributed by atoms with E-state index >= 15 is 0 Å². The first-order valence-electron chi connectivity index (χ1n) is 8.94. The molecule has 4 N–H and O–H groups in total. The highest BCUT2D eigenvalue weighted by molar-refractivity contribution is 8.00. The molecule has 3 heterocycles. The van der Waals surface area contributed by atoms with Crippen LogP contribution in [0.4, 0.5) is 4.79 Å². The number of hydrogen-bond donors (Lipinski definition) is 3. The fraction of sp³-hybridized carbons (Fsp3) is 0.263. The van der Waals surface area contributed by atoms with E-state index < -0.39 is 29.4 Å². The molecule has 156 valence electrons. The fourth-order valence-corrected chi connectivity index (χ4v) is 5.85. The van der Waals surface area contributed by atoms with E-state index in [4.69, 9.17) is 5.73 Å². The smallest absolute Gasteiger partial charge is 0.404 e. The van der Waals surface area contributed by atoms with Gasteiger partial charge >= 0.3 is 12.1 Å². The molecule has 1 unspecified atom stereocenters. The predicted octanol–water partition coefficient (Wildman–Crippen LogP) is 1.28. The minimum Gasteiger partial charge on any atom is -0.477 e. The van der Waals surface area contributed by atoms with Gasteiger partial charge in [0, 0.05) is 20.9 Å². The second-order valence-corrected chi connectivity index (χ2v) is 9.02. The van der Waals surface area contributed by atoms with Crippen molar-refractivity contribution < 1.29 is 29.0 Å². The van der Waals surface area contributed by atoms with E-state index in [1.807, 2.05) is 30.3 Å². The molecule has 1 fully saturated rings. The van der Waals surface area contributed by atoms with E-state index in [1.165, 1.54) is 23.1 Å². The summed E-state index contributed by atoms with van der Waals surface area (Å²) in [4.78, 5) is 49.6. The molecular formula is C19H17N3O6S2. The zero-order valence-electron chi connectivity index (χ0n) is 15.5. The number of rotatable bonds is 6. The summed E-state index contributed by atoms with van der Waals surface area (Å²) >= 11 is 2.81. The molecule has 11 heteroatoms. The number of carboxylic acid groups (broad SMARTS) is 1. The van der Waals surface area contributed by atoms with Crippen LogP contribution < -0.4 is 11.1 Å². The van der Waals surface area contributed by atoms with E-state index in [-0.39, 0.29) is 36.0 Å². The van der Waals surface area contributed by atoms with Crippen LogP contribution in [0.15, 0.2) is 41.6 Å². The maximum atomic E-state index is 12.6. The number of thiophene rings is 1. The summed E-state index contributed by atoms with van der Waals surface area (Å²) in [5.41, 5.74) is 5.00. The Morgan fingerprint density at radius 3 is 2.77 bits per heavy atom. The van der Waals surface area contributed by atoms with Crippen LogP contribution in [0, 0.1) is 0 Å². The topological polar surface area (TPSA) is 139 Å². The van der Waals surface area contributed by atoms with Gasteiger partial charge in [0.05, 0.1) is 6.42 Å². The van der Waals surface area contributed by atoms with Crippen molar-refractivity contribution in [3.05, 3.63) is 46.5 Å². The maximum absolute atomic E-state index is 12.6. The number of nitrogens with one attached hydrogen (secondary N) is 1. The third kappa shape index (κ3) is 3.73. The van der Waals surface area contributed by atoms with E-state index in [0.29, 0.717) is 0 Å². The van der Waals surface area contributed by atoms with Crippen molar-refractivity contribution in [2.75, 3.05) is 12.4 Å². The SMILES string of the molecule is NC(=O)OCC1=C(C(=O)O)N2C(=O)C(NC(=O)Cc3cc4ccccc4s3)[C@@H]2SC1. The zero-order chi connectivity index (χ0) is 21.4. The van der Waals surface area contributed by atoms with Crippen LogP contribution in [0.2, 0.25) is 0 Å². The first-order valence-corrected chi connectivity index (χ1v) is 10.8. The van der Waals surface area contributed by atoms with Gasteiger partial charge in [-0.25, -0.2) is 9.59 Å². The lowest BCUT2D eigenvalue weighted by molar-refractivity contribution is -0.150. The molecule has 0 aliphatic carbocycles. The number of carbonyl (C=O) groups excluding carboxylic acids is 3. The van der Waals surface area contributed by atoms with Gasteiger partial charge in [0.25, 0.3) is 5.91 Å². The summed E-state index contributed by atoms with van der Waals surface area (Å²) in [5, 5.41) is 12.8. The van der Waals surface area contributed by atoms with Crippen LogP contribution >= 0.6 is 23.1 Å². The molecule has 0 saturated carbocycles. The quantitative estimate of drug-likeness (QED) is 0.567. The molecule has 3 amide bonds. The molecule has 0 bridgehead atoms. The van der Waals surface area contributed by atoms with Crippen molar-refractivity contribution in [3.8, 4) is 0 Å². The number of thioether (sulfide) groups is 1. The van der Waals surface area contributed by atoms with Crippen molar-refractivity contribution in [2.45, 2.75) is 17.8 Å². The first-order chi connectivity index (χ1) is 14.3. The highest BCUT2D eigenvalue weighted by Crippen LogP contribution is 2.40. The maximum Gasteiger partial charge on any atom is 0.404 e. The Bertz CT molecular complexity index is 1060. The average molecular weight is 447 g/mol. The van der Waals surface area contributed by atoms with Gasteiger partial charge < -0.3 is 20.9 Å². The second-order valence-electron chi connectivity index (χ2n) is 6.75. The lowest BCUT2D eigenvalue weighted by atomic mass is 10.0. The van der Waals surface area contributed by atoms with Gasteiger partial charge in [-0.3, -0.25) is 14.5 Å². The molecule has 2 aliphatic rings. The van der Waals surface area contributed by atoms with E-state index in [1.54, 1.807) is 0 Å². The van der Waals surface area contributed by atoms with Gasteiger partial charge in [0.1, 0.15) is 23.7 Å². The monoisotopic (exact) mass is 447 g/mol. The number of primary amides is 1. The highest BCUT2D eigenvalue weighted by atomic mass is 32.2. The number of carboxylic acids is 1. The number of carbonyl (C=O) groups is 4. The van der Waals surface area contributed by atoms with Crippen LogP contribution in [0.25, 0.3) is 10.1 Å². The standard InChI is InChI=1S/C19H17N3O6S2/c20-19(27)28-7-10-8-29-17-14(16(24)22(17)15(10)18(25)26)21-13(23)6-11-5-9-3-1-2-4-12(9)30-11/h1-5,14,17H,6-8H2,(H2,20,27)(H,21,23)(H,25,26)/t14?,17-/m0/s1. The molecule has 30 heavy (non-hydrogen) atoms. The number of nitrogens with two attached hydrogens (primary N) is 1. The number of hydrogen-bond acceptors (Lipinski definition) is 7. The molecule has 2 aliphatic heterocycles. The lowest BCUT2D eigenvalue weighted by Crippen LogP contribution is -2.70. The highest BCUT2D eigenvalue weighted by Gasteiger charge is 2.54. The Morgan fingerprint density at radius 1 is 1.30 bits per heavy atom. The zero-order valence-corrected chi connectivity index (χ0v) is 17.1. The summed E-state index contributed by atoms with van der Waals surface area (Å²) in [5.74, 6) is -1.87. The Morgan fingerprint density at radius 2 is 2.07 bits per heavy atom. The number of amides is 3. The van der Waals surface area contributed by atoms with Gasteiger partial charge in [0.2, 0.25) is 5.91 Å². The predicted molar refractivity (Wildman–Crippen MR) is 111 cm³/mol. The third-order valence-corrected chi connectivity index (χ3v) is 7.22. The van der Waals surface area contributed by atoms with Gasteiger partial charge in [-0.05, 0) is 17.5 Å². The summed E-state index contributed by atoms with van der Waals surface area (Å²) in [6.07, 6.45) is -0.888. The van der Waals surface area contributed by atoms with Crippen LogP contribution in [0.5, 0.6) is 0 Å². The minimum atomic E-state index is -1.30. The summed E-state index contributed by atoms with van der Waals surface area (Å²) in [6, 6.07) is 8.95. The Balaban J connectivity index is 1.44. The fourth-order valence-electron chi connectivity index (χ4n) is 3.46. The summed E-state index contributed by atoms with van der Waals surface area (Å²) in [6.45, 7) is -0.302. The van der Waals surface area contributed by atoms with Gasteiger partial charge in [-0.2, -0.15) is 0 Å². The molecule has 2 aromatic rings. The van der Waals surface area contributed by atoms with Crippen molar-refractivity contribution in [1.82, 2.24) is 10.2 Å². The number of benzene rings is 1. The third-order valence-electron chi connectivity index (χ3n) is 4.77. The number of β-lactam (4-membered cyclic amide) rings is 1. The van der Waals surface area contributed by atoms with E-state index in [2.05, 4.69) is 10.1 Å². The van der Waals surface area contributed by atoms with Crippen LogP contribution in [-0.4, -0.2) is 57.7 Å². The molecule has 0 radical (unpaired) electrons. The minimum absolute atomic E-state index is 0.139. The molecule has 4 rings (SSSR count). The average Bonchev–Trinajstić information content (AvgIpc) is 3.11. The molecular weight excluding hydrogens is 430 g/mol. The molecule has 0 spiro atoms.